The topological polar surface area (TPSA) is 119 Å². The lowest BCUT2D eigenvalue weighted by molar-refractivity contribution is -0.137. The number of nitrogens with one attached hydrogen (secondary N) is 4. The Hall–Kier alpha value is -4.69. The van der Waals surface area contributed by atoms with Crippen LogP contribution in [-0.2, 0) is 6.18 Å². The van der Waals surface area contributed by atoms with E-state index in [1.54, 1.807) is 50.2 Å². The van der Waals surface area contributed by atoms with E-state index in [1.807, 2.05) is 11.8 Å². The smallest absolute Gasteiger partial charge is 0.369 e. The van der Waals surface area contributed by atoms with Crippen LogP contribution in [0, 0.1) is 6.92 Å². The molecule has 1 aliphatic rings. The summed E-state index contributed by atoms with van der Waals surface area (Å²) in [4.78, 5) is 46.7. The fourth-order valence-corrected chi connectivity index (χ4v) is 5.96. The monoisotopic (exact) mass is 653 g/mol. The zero-order valence-electron chi connectivity index (χ0n) is 25.5. The quantitative estimate of drug-likeness (QED) is 0.175. The van der Waals surface area contributed by atoms with Crippen LogP contribution in [0.4, 0.5) is 40.2 Å². The number of aryl methyl sites for hydroxylation is 1. The van der Waals surface area contributed by atoms with Gasteiger partial charge in [-0.1, -0.05) is 24.3 Å². The first-order chi connectivity index (χ1) is 21.9. The molecule has 10 nitrogen and oxygen atoms in total. The molecule has 4 aromatic rings. The standard InChI is InChI=1S/C32H34F3N7O3S/c1-4-36-30(45)40-31-39-25-9-7-20(16-27(25)46-31)28(43)38-26-18-23(8-6-19(26)3)37-29(44)21-14-22(32(33,34)35)17-24(15-21)42-12-10-41(5-2)11-13-42/h6-9,14-18H,4-5,10-13H2,1-3H3,(H,37,44)(H,38,43)(H2,36,39,40,45). The second-order valence-electron chi connectivity index (χ2n) is 10.8. The van der Waals surface area contributed by atoms with Crippen LogP contribution in [-0.4, -0.2) is 67.0 Å². The van der Waals surface area contributed by atoms with Gasteiger partial charge in [0.1, 0.15) is 0 Å². The summed E-state index contributed by atoms with van der Waals surface area (Å²) in [5.74, 6) is -1.11. The summed E-state index contributed by atoms with van der Waals surface area (Å²) in [5.41, 5.74) is 1.75. The Kier molecular flexibility index (Phi) is 9.77. The molecule has 3 aromatic carbocycles. The molecule has 14 heteroatoms. The van der Waals surface area contributed by atoms with Crippen LogP contribution in [0.2, 0.25) is 0 Å². The van der Waals surface area contributed by atoms with E-state index in [9.17, 15) is 27.6 Å². The van der Waals surface area contributed by atoms with Crippen LogP contribution in [0.5, 0.6) is 0 Å². The molecule has 1 saturated heterocycles. The fraction of sp³-hybridized carbons (Fsp3) is 0.312. The predicted octanol–water partition coefficient (Wildman–Crippen LogP) is 6.41. The number of anilines is 4. The number of hydrogen-bond donors (Lipinski definition) is 4. The van der Waals surface area contributed by atoms with Gasteiger partial charge in [0.15, 0.2) is 5.13 Å². The summed E-state index contributed by atoms with van der Waals surface area (Å²) >= 11 is 1.23. The third kappa shape index (κ3) is 7.74. The number of aromatic nitrogens is 1. The van der Waals surface area contributed by atoms with Gasteiger partial charge in [0.2, 0.25) is 0 Å². The summed E-state index contributed by atoms with van der Waals surface area (Å²) in [7, 11) is 0. The number of piperazine rings is 1. The Balaban J connectivity index is 1.32. The lowest BCUT2D eigenvalue weighted by Crippen LogP contribution is -2.46. The van der Waals surface area contributed by atoms with Crippen molar-refractivity contribution in [3.8, 4) is 0 Å². The van der Waals surface area contributed by atoms with Crippen LogP contribution in [0.25, 0.3) is 10.2 Å². The minimum Gasteiger partial charge on any atom is -0.369 e. The summed E-state index contributed by atoms with van der Waals surface area (Å²) in [6.07, 6.45) is -4.62. The SMILES string of the molecule is CCNC(=O)Nc1nc2ccc(C(=O)Nc3cc(NC(=O)c4cc(N5CCN(CC)CC5)cc(C(F)(F)F)c4)ccc3C)cc2s1. The molecule has 2 heterocycles. The molecule has 5 rings (SSSR count). The molecule has 0 aliphatic carbocycles. The summed E-state index contributed by atoms with van der Waals surface area (Å²) < 4.78 is 42.2. The lowest BCUT2D eigenvalue weighted by Gasteiger charge is -2.36. The van der Waals surface area contributed by atoms with E-state index in [2.05, 4.69) is 31.2 Å². The molecule has 0 atom stereocenters. The lowest BCUT2D eigenvalue weighted by atomic mass is 10.1. The van der Waals surface area contributed by atoms with Gasteiger partial charge in [-0.2, -0.15) is 13.2 Å². The van der Waals surface area contributed by atoms with Gasteiger partial charge in [-0.15, -0.1) is 0 Å². The van der Waals surface area contributed by atoms with Gasteiger partial charge in [0.05, 0.1) is 15.8 Å². The van der Waals surface area contributed by atoms with Crippen molar-refractivity contribution in [2.24, 2.45) is 0 Å². The molecule has 4 N–H and O–H groups in total. The number of amides is 4. The number of thiazole rings is 1. The first-order valence-electron chi connectivity index (χ1n) is 14.8. The van der Waals surface area contributed by atoms with Gasteiger partial charge in [0, 0.05) is 60.9 Å². The fourth-order valence-electron chi connectivity index (χ4n) is 5.06. The van der Waals surface area contributed by atoms with Crippen LogP contribution >= 0.6 is 11.3 Å². The highest BCUT2D eigenvalue weighted by Crippen LogP contribution is 2.34. The number of nitrogens with zero attached hydrogens (tertiary/aromatic N) is 3. The zero-order valence-corrected chi connectivity index (χ0v) is 26.4. The molecule has 0 spiro atoms. The first kappa shape index (κ1) is 32.7. The van der Waals surface area contributed by atoms with Gasteiger partial charge in [-0.3, -0.25) is 14.9 Å². The number of urea groups is 1. The first-order valence-corrected chi connectivity index (χ1v) is 15.6. The summed E-state index contributed by atoms with van der Waals surface area (Å²) in [6, 6.07) is 12.9. The van der Waals surface area contributed by atoms with E-state index in [-0.39, 0.29) is 11.6 Å². The molecule has 0 radical (unpaired) electrons. The highest BCUT2D eigenvalue weighted by atomic mass is 32.1. The van der Waals surface area contributed by atoms with Crippen molar-refractivity contribution >= 4 is 61.6 Å². The number of fused-ring (bicyclic) bond motifs is 1. The van der Waals surface area contributed by atoms with Crippen LogP contribution in [0.1, 0.15) is 45.7 Å². The molecule has 0 unspecified atom stereocenters. The molecular formula is C32H34F3N7O3S. The number of alkyl halides is 3. The van der Waals surface area contributed by atoms with E-state index < -0.39 is 23.6 Å². The Morgan fingerprint density at radius 2 is 1.61 bits per heavy atom. The molecule has 46 heavy (non-hydrogen) atoms. The van der Waals surface area contributed by atoms with Gasteiger partial charge in [-0.05, 0) is 74.5 Å². The zero-order chi connectivity index (χ0) is 33.0. The van der Waals surface area contributed by atoms with Crippen molar-refractivity contribution in [2.75, 3.05) is 60.1 Å². The highest BCUT2D eigenvalue weighted by molar-refractivity contribution is 7.22. The molecule has 1 aliphatic heterocycles. The van der Waals surface area contributed by atoms with Crippen molar-refractivity contribution in [1.29, 1.82) is 0 Å². The number of carbonyl (C=O) groups is 3. The maximum atomic E-state index is 13.8. The molecule has 4 amide bonds. The molecule has 1 fully saturated rings. The normalized spacial score (nSPS) is 13.8. The Morgan fingerprint density at radius 1 is 0.870 bits per heavy atom. The van der Waals surface area contributed by atoms with Gasteiger partial charge < -0.3 is 25.8 Å². The second kappa shape index (κ2) is 13.7. The number of hydrogen-bond acceptors (Lipinski definition) is 7. The van der Waals surface area contributed by atoms with Crippen molar-refractivity contribution in [1.82, 2.24) is 15.2 Å². The van der Waals surface area contributed by atoms with Crippen molar-refractivity contribution < 1.29 is 27.6 Å². The summed E-state index contributed by atoms with van der Waals surface area (Å²) in [5, 5.41) is 11.2. The van der Waals surface area contributed by atoms with Gasteiger partial charge >= 0.3 is 12.2 Å². The van der Waals surface area contributed by atoms with E-state index >= 15 is 0 Å². The van der Waals surface area contributed by atoms with E-state index in [0.29, 0.717) is 63.2 Å². The molecule has 1 aromatic heterocycles. The number of benzene rings is 3. The van der Waals surface area contributed by atoms with E-state index in [4.69, 9.17) is 0 Å². The largest absolute Gasteiger partial charge is 0.416 e. The molecule has 0 saturated carbocycles. The minimum absolute atomic E-state index is 0.118. The van der Waals surface area contributed by atoms with Gasteiger partial charge in [-0.25, -0.2) is 9.78 Å². The Morgan fingerprint density at radius 3 is 2.30 bits per heavy atom. The molecule has 0 bridgehead atoms. The maximum absolute atomic E-state index is 13.8. The van der Waals surface area contributed by atoms with Crippen molar-refractivity contribution in [2.45, 2.75) is 26.9 Å². The van der Waals surface area contributed by atoms with Crippen LogP contribution in [0.15, 0.2) is 54.6 Å². The Bertz CT molecular complexity index is 1770. The highest BCUT2D eigenvalue weighted by Gasteiger charge is 2.33. The molecule has 242 valence electrons. The van der Waals surface area contributed by atoms with Crippen molar-refractivity contribution in [3.05, 3.63) is 76.9 Å². The Labute approximate surface area is 268 Å². The maximum Gasteiger partial charge on any atom is 0.416 e. The number of halogens is 3. The van der Waals surface area contributed by atoms with Gasteiger partial charge in [0.25, 0.3) is 11.8 Å². The third-order valence-corrected chi connectivity index (χ3v) is 8.58. The third-order valence-electron chi connectivity index (χ3n) is 7.64. The van der Waals surface area contributed by atoms with Crippen LogP contribution in [0.3, 0.4) is 0 Å². The van der Waals surface area contributed by atoms with E-state index in [0.717, 1.165) is 31.8 Å². The van der Waals surface area contributed by atoms with Crippen molar-refractivity contribution in [3.63, 3.8) is 0 Å². The minimum atomic E-state index is -4.62. The average Bonchev–Trinajstić information content (AvgIpc) is 3.43. The summed E-state index contributed by atoms with van der Waals surface area (Å²) in [6.45, 7) is 9.51. The van der Waals surface area contributed by atoms with E-state index in [1.165, 1.54) is 17.4 Å². The van der Waals surface area contributed by atoms with Crippen LogP contribution < -0.4 is 26.2 Å². The number of likely N-dealkylation sites (N-methyl/N-ethyl adjacent to an activating group) is 1. The number of carbonyl (C=O) groups excluding carboxylic acids is 3. The second-order valence-corrected chi connectivity index (χ2v) is 11.8. The number of rotatable bonds is 8. The molecular weight excluding hydrogens is 619 g/mol. The predicted molar refractivity (Wildman–Crippen MR) is 175 cm³/mol. The average molecular weight is 654 g/mol.